The standard InChI is InChI=1S/C18H23N3O3/c1-21(14-4-5-16(22)20-17(14)23)12-2-3-13-15(10-12)24-11-18(13)6-8-19-9-7-18/h2-3,10,14,19H,4-9,11H2,1H3,(H,20,22,23). The Morgan fingerprint density at radius 2 is 2.04 bits per heavy atom. The molecular weight excluding hydrogens is 306 g/mol. The van der Waals surface area contributed by atoms with Gasteiger partial charge in [0.05, 0.1) is 6.61 Å². The number of nitrogens with zero attached hydrogens (tertiary/aromatic N) is 1. The Kier molecular flexibility index (Phi) is 3.72. The van der Waals surface area contributed by atoms with E-state index in [-0.39, 0.29) is 23.3 Å². The van der Waals surface area contributed by atoms with Gasteiger partial charge in [0, 0.05) is 36.2 Å². The normalized spacial score (nSPS) is 25.1. The predicted octanol–water partition coefficient (Wildman–Crippen LogP) is 0.942. The van der Waals surface area contributed by atoms with Crippen molar-refractivity contribution in [3.8, 4) is 5.75 Å². The zero-order valence-corrected chi connectivity index (χ0v) is 13.9. The molecule has 0 aliphatic carbocycles. The molecule has 0 bridgehead atoms. The average Bonchev–Trinajstić information content (AvgIpc) is 2.93. The van der Waals surface area contributed by atoms with Crippen molar-refractivity contribution in [2.45, 2.75) is 37.1 Å². The fourth-order valence-corrected chi connectivity index (χ4v) is 4.13. The van der Waals surface area contributed by atoms with Gasteiger partial charge in [-0.25, -0.2) is 0 Å². The van der Waals surface area contributed by atoms with Crippen molar-refractivity contribution in [1.82, 2.24) is 10.6 Å². The molecule has 1 spiro atoms. The minimum Gasteiger partial charge on any atom is -0.492 e. The fourth-order valence-electron chi connectivity index (χ4n) is 4.13. The molecule has 3 heterocycles. The SMILES string of the molecule is CN(c1ccc2c(c1)OCC21CCNCC1)C1CCC(=O)NC1=O. The third-order valence-corrected chi connectivity index (χ3v) is 5.69. The van der Waals surface area contributed by atoms with Gasteiger partial charge >= 0.3 is 0 Å². The first-order valence-electron chi connectivity index (χ1n) is 8.64. The van der Waals surface area contributed by atoms with Crippen molar-refractivity contribution >= 4 is 17.5 Å². The summed E-state index contributed by atoms with van der Waals surface area (Å²) >= 11 is 0. The van der Waals surface area contributed by atoms with Gasteiger partial charge in [0.15, 0.2) is 0 Å². The summed E-state index contributed by atoms with van der Waals surface area (Å²) < 4.78 is 6.00. The molecule has 1 aromatic rings. The lowest BCUT2D eigenvalue weighted by Crippen LogP contribution is -2.51. The molecule has 1 aromatic carbocycles. The van der Waals surface area contributed by atoms with E-state index in [0.29, 0.717) is 12.8 Å². The zero-order chi connectivity index (χ0) is 16.7. The van der Waals surface area contributed by atoms with E-state index in [9.17, 15) is 9.59 Å². The van der Waals surface area contributed by atoms with E-state index in [1.54, 1.807) is 0 Å². The Morgan fingerprint density at radius 1 is 1.25 bits per heavy atom. The highest BCUT2D eigenvalue weighted by atomic mass is 16.5. The molecule has 128 valence electrons. The van der Waals surface area contributed by atoms with E-state index >= 15 is 0 Å². The highest BCUT2D eigenvalue weighted by Gasteiger charge is 2.41. The van der Waals surface area contributed by atoms with Gasteiger partial charge in [-0.15, -0.1) is 0 Å². The number of benzene rings is 1. The van der Waals surface area contributed by atoms with Crippen LogP contribution in [0, 0.1) is 0 Å². The average molecular weight is 329 g/mol. The van der Waals surface area contributed by atoms with E-state index in [1.807, 2.05) is 18.0 Å². The van der Waals surface area contributed by atoms with Crippen LogP contribution >= 0.6 is 0 Å². The number of hydrogen-bond acceptors (Lipinski definition) is 5. The highest BCUT2D eigenvalue weighted by molar-refractivity contribution is 6.01. The number of fused-ring (bicyclic) bond motifs is 2. The second-order valence-corrected chi connectivity index (χ2v) is 7.08. The van der Waals surface area contributed by atoms with Crippen LogP contribution in [0.25, 0.3) is 0 Å². The molecule has 3 aliphatic rings. The molecule has 2 N–H and O–H groups in total. The minimum atomic E-state index is -0.310. The van der Waals surface area contributed by atoms with Crippen LogP contribution in [0.15, 0.2) is 18.2 Å². The van der Waals surface area contributed by atoms with Crippen LogP contribution in [0.2, 0.25) is 0 Å². The van der Waals surface area contributed by atoms with E-state index in [1.165, 1.54) is 5.56 Å². The lowest BCUT2D eigenvalue weighted by molar-refractivity contribution is -0.134. The van der Waals surface area contributed by atoms with Gasteiger partial charge in [0.2, 0.25) is 11.8 Å². The number of hydrogen-bond donors (Lipinski definition) is 2. The molecule has 1 unspecified atom stereocenters. The van der Waals surface area contributed by atoms with E-state index in [4.69, 9.17) is 4.74 Å². The number of ether oxygens (including phenoxy) is 1. The van der Waals surface area contributed by atoms with Crippen molar-refractivity contribution in [1.29, 1.82) is 0 Å². The number of piperidine rings is 2. The van der Waals surface area contributed by atoms with Gasteiger partial charge in [-0.3, -0.25) is 14.9 Å². The monoisotopic (exact) mass is 329 g/mol. The van der Waals surface area contributed by atoms with Gasteiger partial charge in [0.1, 0.15) is 11.8 Å². The molecule has 1 atom stereocenters. The summed E-state index contributed by atoms with van der Waals surface area (Å²) in [5.74, 6) is 0.535. The Balaban J connectivity index is 1.58. The van der Waals surface area contributed by atoms with Crippen LogP contribution in [-0.4, -0.2) is 44.6 Å². The third kappa shape index (κ3) is 2.45. The highest BCUT2D eigenvalue weighted by Crippen LogP contribution is 2.45. The Hall–Kier alpha value is -2.08. The van der Waals surface area contributed by atoms with Gasteiger partial charge in [0.25, 0.3) is 0 Å². The smallest absolute Gasteiger partial charge is 0.249 e. The Morgan fingerprint density at radius 3 is 2.79 bits per heavy atom. The first-order valence-corrected chi connectivity index (χ1v) is 8.64. The summed E-state index contributed by atoms with van der Waals surface area (Å²) in [7, 11) is 1.90. The number of likely N-dealkylation sites (N-methyl/N-ethyl adjacent to an activating group) is 1. The van der Waals surface area contributed by atoms with E-state index < -0.39 is 0 Å². The molecule has 6 heteroatoms. The van der Waals surface area contributed by atoms with Crippen LogP contribution in [-0.2, 0) is 15.0 Å². The number of imide groups is 1. The lowest BCUT2D eigenvalue weighted by atomic mass is 9.75. The quantitative estimate of drug-likeness (QED) is 0.790. The fraction of sp³-hybridized carbons (Fsp3) is 0.556. The molecule has 6 nitrogen and oxygen atoms in total. The number of anilines is 1. The van der Waals surface area contributed by atoms with Gasteiger partial charge < -0.3 is 15.0 Å². The molecule has 4 rings (SSSR count). The van der Waals surface area contributed by atoms with Gasteiger partial charge in [-0.1, -0.05) is 6.07 Å². The van der Waals surface area contributed by atoms with Gasteiger partial charge in [-0.05, 0) is 38.4 Å². The molecule has 0 saturated carbocycles. The number of nitrogens with one attached hydrogen (secondary N) is 2. The van der Waals surface area contributed by atoms with Crippen molar-refractivity contribution in [2.24, 2.45) is 0 Å². The maximum absolute atomic E-state index is 12.1. The number of amides is 2. The maximum Gasteiger partial charge on any atom is 0.249 e. The molecule has 24 heavy (non-hydrogen) atoms. The van der Waals surface area contributed by atoms with Crippen LogP contribution in [0.4, 0.5) is 5.69 Å². The second kappa shape index (κ2) is 5.77. The predicted molar refractivity (Wildman–Crippen MR) is 90.3 cm³/mol. The van der Waals surface area contributed by atoms with E-state index in [0.717, 1.165) is 44.0 Å². The summed E-state index contributed by atoms with van der Waals surface area (Å²) in [5.41, 5.74) is 2.39. The summed E-state index contributed by atoms with van der Waals surface area (Å²) in [6.45, 7) is 2.80. The Labute approximate surface area is 141 Å². The topological polar surface area (TPSA) is 70.7 Å². The molecule has 2 amide bonds. The number of carbonyl (C=O) groups is 2. The minimum absolute atomic E-state index is 0.145. The van der Waals surface area contributed by atoms with Crippen molar-refractivity contribution in [3.63, 3.8) is 0 Å². The van der Waals surface area contributed by atoms with Crippen LogP contribution in [0.5, 0.6) is 5.75 Å². The first-order chi connectivity index (χ1) is 11.6. The molecule has 0 aromatic heterocycles. The summed E-state index contributed by atoms with van der Waals surface area (Å²) in [6.07, 6.45) is 3.14. The summed E-state index contributed by atoms with van der Waals surface area (Å²) in [4.78, 5) is 25.4. The second-order valence-electron chi connectivity index (χ2n) is 7.08. The first kappa shape index (κ1) is 15.4. The largest absolute Gasteiger partial charge is 0.492 e. The molecule has 2 saturated heterocycles. The van der Waals surface area contributed by atoms with Crippen LogP contribution in [0.3, 0.4) is 0 Å². The Bertz CT molecular complexity index is 682. The number of carbonyl (C=O) groups excluding carboxylic acids is 2. The van der Waals surface area contributed by atoms with Gasteiger partial charge in [-0.2, -0.15) is 0 Å². The van der Waals surface area contributed by atoms with Crippen molar-refractivity contribution in [3.05, 3.63) is 23.8 Å². The van der Waals surface area contributed by atoms with Crippen molar-refractivity contribution in [2.75, 3.05) is 31.6 Å². The number of rotatable bonds is 2. The maximum atomic E-state index is 12.1. The molecule has 3 aliphatic heterocycles. The molecular formula is C18H23N3O3. The summed E-state index contributed by atoms with van der Waals surface area (Å²) in [6, 6.07) is 5.96. The third-order valence-electron chi connectivity index (χ3n) is 5.69. The van der Waals surface area contributed by atoms with Crippen LogP contribution in [0.1, 0.15) is 31.2 Å². The van der Waals surface area contributed by atoms with E-state index in [2.05, 4.69) is 22.8 Å². The molecule has 2 fully saturated rings. The summed E-state index contributed by atoms with van der Waals surface area (Å²) in [5, 5.41) is 5.83. The lowest BCUT2D eigenvalue weighted by Gasteiger charge is -2.33. The van der Waals surface area contributed by atoms with Crippen LogP contribution < -0.4 is 20.3 Å². The van der Waals surface area contributed by atoms with Crippen molar-refractivity contribution < 1.29 is 14.3 Å². The molecule has 0 radical (unpaired) electrons. The zero-order valence-electron chi connectivity index (χ0n) is 13.9.